The Morgan fingerprint density at radius 3 is 2.75 bits per heavy atom. The Kier molecular flexibility index (Phi) is 3.20. The molecule has 0 atom stereocenters. The molecule has 0 unspecified atom stereocenters. The van der Waals surface area contributed by atoms with Gasteiger partial charge in [-0.2, -0.15) is 0 Å². The molecule has 0 fully saturated rings. The first-order chi connectivity index (χ1) is 9.61. The minimum Gasteiger partial charge on any atom is -0.493 e. The lowest BCUT2D eigenvalue weighted by Gasteiger charge is -2.03. The molecule has 2 N–H and O–H groups in total. The first kappa shape index (κ1) is 13.1. The highest BCUT2D eigenvalue weighted by atomic mass is 35.5. The lowest BCUT2D eigenvalue weighted by molar-refractivity contribution is 0.417. The zero-order chi connectivity index (χ0) is 14.3. The van der Waals surface area contributed by atoms with Gasteiger partial charge in [0, 0.05) is 16.8 Å². The summed E-state index contributed by atoms with van der Waals surface area (Å²) < 4.78 is 7.05. The maximum absolute atomic E-state index is 6.22. The van der Waals surface area contributed by atoms with Gasteiger partial charge in [0.15, 0.2) is 11.4 Å². The first-order valence-corrected chi connectivity index (χ1v) is 6.63. The molecule has 1 aromatic carbocycles. The minimum atomic E-state index is 0.503. The number of rotatable bonds is 2. The normalized spacial score (nSPS) is 10.9. The topological polar surface area (TPSA) is 52.5 Å². The molecule has 2 heterocycles. The third kappa shape index (κ3) is 1.97. The molecule has 102 valence electrons. The van der Waals surface area contributed by atoms with Gasteiger partial charge in [-0.25, -0.2) is 4.98 Å². The number of pyridine rings is 1. The Labute approximate surface area is 125 Å². The predicted octanol–water partition coefficient (Wildman–Crippen LogP) is 3.90. The number of aromatic nitrogens is 2. The number of imidazole rings is 1. The van der Waals surface area contributed by atoms with Crippen molar-refractivity contribution in [1.82, 2.24) is 9.38 Å². The van der Waals surface area contributed by atoms with Gasteiger partial charge in [-0.05, 0) is 30.3 Å². The minimum absolute atomic E-state index is 0.503. The third-order valence-corrected chi connectivity index (χ3v) is 3.61. The van der Waals surface area contributed by atoms with Crippen molar-refractivity contribution in [1.29, 1.82) is 0 Å². The molecule has 3 aromatic rings. The number of nitrogen functional groups attached to an aromatic ring is 1. The molecule has 3 rings (SSSR count). The van der Waals surface area contributed by atoms with Crippen LogP contribution in [-0.4, -0.2) is 16.5 Å². The van der Waals surface area contributed by atoms with Crippen LogP contribution in [0.1, 0.15) is 0 Å². The van der Waals surface area contributed by atoms with Crippen LogP contribution in [0.5, 0.6) is 5.75 Å². The number of nitrogens with two attached hydrogens (primary N) is 1. The summed E-state index contributed by atoms with van der Waals surface area (Å²) in [6.45, 7) is 0. The van der Waals surface area contributed by atoms with Crippen LogP contribution < -0.4 is 10.5 Å². The second-order valence-corrected chi connectivity index (χ2v) is 5.08. The monoisotopic (exact) mass is 307 g/mol. The number of halogens is 2. The lowest BCUT2D eigenvalue weighted by atomic mass is 10.1. The van der Waals surface area contributed by atoms with Crippen LogP contribution in [0.15, 0.2) is 36.5 Å². The van der Waals surface area contributed by atoms with E-state index in [1.807, 2.05) is 18.3 Å². The van der Waals surface area contributed by atoms with E-state index >= 15 is 0 Å². The number of methoxy groups -OCH3 is 1. The molecule has 0 bridgehead atoms. The van der Waals surface area contributed by atoms with E-state index in [4.69, 9.17) is 33.7 Å². The molecule has 0 aliphatic heterocycles. The van der Waals surface area contributed by atoms with Gasteiger partial charge in [0.2, 0.25) is 0 Å². The number of fused-ring (bicyclic) bond motifs is 1. The summed E-state index contributed by atoms with van der Waals surface area (Å²) in [4.78, 5) is 4.53. The van der Waals surface area contributed by atoms with Gasteiger partial charge < -0.3 is 10.5 Å². The number of nitrogens with zero attached hydrogens (tertiary/aromatic N) is 2. The molecule has 0 saturated carbocycles. The molecule has 0 amide bonds. The highest BCUT2D eigenvalue weighted by Crippen LogP contribution is 2.35. The fourth-order valence-electron chi connectivity index (χ4n) is 2.10. The van der Waals surface area contributed by atoms with Crippen LogP contribution in [0, 0.1) is 0 Å². The smallest absolute Gasteiger partial charge is 0.181 e. The van der Waals surface area contributed by atoms with E-state index in [1.165, 1.54) is 0 Å². The average molecular weight is 308 g/mol. The van der Waals surface area contributed by atoms with Crippen molar-refractivity contribution in [2.45, 2.75) is 0 Å². The Hall–Kier alpha value is -1.91. The molecule has 2 aromatic heterocycles. The standard InChI is InChI=1S/C14H11Cl2N3O/c1-20-11-3-2-6-19-13(17)12(18-14(11)19)9-5-4-8(15)7-10(9)16/h2-7H,17H2,1H3. The number of hydrogen-bond acceptors (Lipinski definition) is 3. The van der Waals surface area contributed by atoms with Crippen molar-refractivity contribution in [3.05, 3.63) is 46.6 Å². The maximum Gasteiger partial charge on any atom is 0.181 e. The van der Waals surface area contributed by atoms with Crippen LogP contribution in [0.4, 0.5) is 5.82 Å². The quantitative estimate of drug-likeness (QED) is 0.781. The molecular weight excluding hydrogens is 297 g/mol. The second kappa shape index (κ2) is 4.89. The highest BCUT2D eigenvalue weighted by Gasteiger charge is 2.16. The molecule has 0 spiro atoms. The molecule has 0 aliphatic carbocycles. The molecule has 20 heavy (non-hydrogen) atoms. The Balaban J connectivity index is 2.29. The van der Waals surface area contributed by atoms with E-state index in [0.717, 1.165) is 5.56 Å². The van der Waals surface area contributed by atoms with Crippen LogP contribution in [-0.2, 0) is 0 Å². The van der Waals surface area contributed by atoms with Crippen molar-refractivity contribution in [2.75, 3.05) is 12.8 Å². The van der Waals surface area contributed by atoms with Gasteiger partial charge in [-0.15, -0.1) is 0 Å². The number of benzene rings is 1. The third-order valence-electron chi connectivity index (χ3n) is 3.06. The van der Waals surface area contributed by atoms with Gasteiger partial charge >= 0.3 is 0 Å². The van der Waals surface area contributed by atoms with Crippen LogP contribution >= 0.6 is 23.2 Å². The fraction of sp³-hybridized carbons (Fsp3) is 0.0714. The summed E-state index contributed by atoms with van der Waals surface area (Å²) in [6.07, 6.45) is 1.83. The van der Waals surface area contributed by atoms with E-state index < -0.39 is 0 Å². The summed E-state index contributed by atoms with van der Waals surface area (Å²) in [7, 11) is 1.59. The Bertz CT molecular complexity index is 798. The molecule has 0 saturated heterocycles. The average Bonchev–Trinajstić information content (AvgIpc) is 2.76. The summed E-state index contributed by atoms with van der Waals surface area (Å²) >= 11 is 12.1. The summed E-state index contributed by atoms with van der Waals surface area (Å²) in [5.74, 6) is 1.15. The molecule has 0 radical (unpaired) electrons. The molecule has 0 aliphatic rings. The Morgan fingerprint density at radius 2 is 2.05 bits per heavy atom. The zero-order valence-corrected chi connectivity index (χ0v) is 12.1. The van der Waals surface area contributed by atoms with Crippen molar-refractivity contribution < 1.29 is 4.74 Å². The number of anilines is 1. The SMILES string of the molecule is COc1cccn2c(N)c(-c3ccc(Cl)cc3Cl)nc12. The van der Waals surface area contributed by atoms with E-state index in [9.17, 15) is 0 Å². The maximum atomic E-state index is 6.22. The van der Waals surface area contributed by atoms with Gasteiger partial charge in [0.05, 0.1) is 12.1 Å². The molecular formula is C14H11Cl2N3O. The van der Waals surface area contributed by atoms with E-state index in [2.05, 4.69) is 4.98 Å². The lowest BCUT2D eigenvalue weighted by Crippen LogP contribution is -1.95. The predicted molar refractivity (Wildman–Crippen MR) is 81.6 cm³/mol. The van der Waals surface area contributed by atoms with Gasteiger partial charge in [0.25, 0.3) is 0 Å². The molecule has 4 nitrogen and oxygen atoms in total. The van der Waals surface area contributed by atoms with Crippen LogP contribution in [0.25, 0.3) is 16.9 Å². The first-order valence-electron chi connectivity index (χ1n) is 5.88. The van der Waals surface area contributed by atoms with Crippen molar-refractivity contribution >= 4 is 34.7 Å². The van der Waals surface area contributed by atoms with Gasteiger partial charge in [0.1, 0.15) is 11.5 Å². The van der Waals surface area contributed by atoms with Crippen LogP contribution in [0.3, 0.4) is 0 Å². The summed E-state index contributed by atoms with van der Waals surface area (Å²) in [5.41, 5.74) is 8.14. The van der Waals surface area contributed by atoms with Crippen molar-refractivity contribution in [2.24, 2.45) is 0 Å². The second-order valence-electron chi connectivity index (χ2n) is 4.24. The summed E-state index contributed by atoms with van der Waals surface area (Å²) in [6, 6.07) is 8.89. The van der Waals surface area contributed by atoms with Gasteiger partial charge in [-0.3, -0.25) is 4.40 Å². The highest BCUT2D eigenvalue weighted by molar-refractivity contribution is 6.36. The van der Waals surface area contributed by atoms with E-state index in [0.29, 0.717) is 33.0 Å². The number of hydrogen-bond donors (Lipinski definition) is 1. The molecule has 6 heteroatoms. The van der Waals surface area contributed by atoms with E-state index in [1.54, 1.807) is 29.7 Å². The Morgan fingerprint density at radius 1 is 1.25 bits per heavy atom. The zero-order valence-electron chi connectivity index (χ0n) is 10.6. The van der Waals surface area contributed by atoms with Crippen molar-refractivity contribution in [3.8, 4) is 17.0 Å². The number of ether oxygens (including phenoxy) is 1. The van der Waals surface area contributed by atoms with Crippen molar-refractivity contribution in [3.63, 3.8) is 0 Å². The summed E-state index contributed by atoms with van der Waals surface area (Å²) in [5, 5.41) is 1.07. The fourth-order valence-corrected chi connectivity index (χ4v) is 2.60. The van der Waals surface area contributed by atoms with E-state index in [-0.39, 0.29) is 0 Å². The largest absolute Gasteiger partial charge is 0.493 e. The van der Waals surface area contributed by atoms with Crippen LogP contribution in [0.2, 0.25) is 10.0 Å². The van der Waals surface area contributed by atoms with Gasteiger partial charge in [-0.1, -0.05) is 23.2 Å².